The van der Waals surface area contributed by atoms with E-state index in [2.05, 4.69) is 19.9 Å². The topological polar surface area (TPSA) is 75.6 Å². The van der Waals surface area contributed by atoms with Crippen LogP contribution in [0.5, 0.6) is 0 Å². The highest BCUT2D eigenvalue weighted by molar-refractivity contribution is 6.29. The first kappa shape index (κ1) is 13.7. The predicted octanol–water partition coefficient (Wildman–Crippen LogP) is 4.31. The molecule has 27 heavy (non-hydrogen) atoms. The molecule has 0 aliphatic rings. The molecule has 0 saturated heterocycles. The van der Waals surface area contributed by atoms with Crippen molar-refractivity contribution in [3.05, 3.63) is 23.3 Å². The van der Waals surface area contributed by atoms with Crippen LogP contribution in [0.4, 0.5) is 38.2 Å². The van der Waals surface area contributed by atoms with Crippen molar-refractivity contribution in [3.8, 4) is 11.5 Å². The Morgan fingerprint density at radius 1 is 0.963 bits per heavy atom. The highest BCUT2D eigenvalue weighted by Gasteiger charge is 2.38. The van der Waals surface area contributed by atoms with E-state index >= 15 is 0 Å². The normalized spacial score (nSPS) is 18.2. The van der Waals surface area contributed by atoms with Crippen molar-refractivity contribution >= 4 is 23.5 Å². The van der Waals surface area contributed by atoms with E-state index < -0.39 is 78.0 Å². The second-order valence-electron chi connectivity index (χ2n) is 4.96. The fourth-order valence-corrected chi connectivity index (χ4v) is 1.63. The first-order valence-corrected chi connectivity index (χ1v) is 7.26. The average Bonchev–Trinajstić information content (AvgIpc) is 2.64. The molecule has 0 bridgehead atoms. The van der Waals surface area contributed by atoms with Crippen LogP contribution in [-0.4, -0.2) is 44.4 Å². The van der Waals surface area contributed by atoms with Crippen molar-refractivity contribution in [2.24, 2.45) is 0 Å². The van der Waals surface area contributed by atoms with E-state index in [1.54, 1.807) is 5.32 Å². The van der Waals surface area contributed by atoms with Crippen molar-refractivity contribution in [1.82, 2.24) is 19.9 Å². The van der Waals surface area contributed by atoms with E-state index in [0.717, 1.165) is 0 Å². The molecule has 0 aromatic carbocycles. The van der Waals surface area contributed by atoms with Gasteiger partial charge in [0.05, 0.1) is 4.11 Å². The Balaban J connectivity index is 2.68. The molecule has 0 saturated carbocycles. The van der Waals surface area contributed by atoms with E-state index in [9.17, 15) is 26.3 Å². The summed E-state index contributed by atoms with van der Waals surface area (Å²) in [5.41, 5.74) is -0.661. The van der Waals surface area contributed by atoms with Crippen LogP contribution >= 0.6 is 11.6 Å². The molecule has 0 fully saturated rings. The zero-order valence-corrected chi connectivity index (χ0v) is 13.8. The van der Waals surface area contributed by atoms with Crippen LogP contribution in [0, 0.1) is 0 Å². The molecular formula is C14H13ClF6N6. The Labute approximate surface area is 162 Å². The van der Waals surface area contributed by atoms with Crippen molar-refractivity contribution in [2.75, 3.05) is 10.6 Å². The highest BCUT2D eigenvalue weighted by atomic mass is 35.5. The number of hydrogen-bond donors (Lipinski definition) is 2. The molecule has 0 aliphatic heterocycles. The van der Waals surface area contributed by atoms with Gasteiger partial charge in [0.15, 0.2) is 5.82 Å². The molecular weight excluding hydrogens is 402 g/mol. The number of rotatable bonds is 5. The van der Waals surface area contributed by atoms with Crippen LogP contribution < -0.4 is 10.6 Å². The Kier molecular flexibility index (Phi) is 3.92. The summed E-state index contributed by atoms with van der Waals surface area (Å²) in [6, 6.07) is -7.74. The fraction of sp³-hybridized carbons (Fsp3) is 0.429. The van der Waals surface area contributed by atoms with Gasteiger partial charge in [-0.2, -0.15) is 41.3 Å². The highest BCUT2D eigenvalue weighted by Crippen LogP contribution is 2.26. The van der Waals surface area contributed by atoms with Crippen LogP contribution in [0.15, 0.2) is 18.1 Å². The standard InChI is InChI=1S/C14H13ClF6N6/c1-6(13(16,17)18)22-11-25-10(8-4-3-5-9(15)24-8)26-12(27-11)23-7(2)14(19,20)21/h3-7H,1-2H3,(H2,22,23,25,26,27)/i1D3,3D,4D,5D. The summed E-state index contributed by atoms with van der Waals surface area (Å²) >= 11 is 5.69. The van der Waals surface area contributed by atoms with E-state index in [1.807, 2.05) is 0 Å². The maximum Gasteiger partial charge on any atom is 0.408 e. The number of aromatic nitrogens is 4. The molecule has 2 unspecified atom stereocenters. The third kappa shape index (κ3) is 5.81. The summed E-state index contributed by atoms with van der Waals surface area (Å²) in [5.74, 6) is -2.83. The molecule has 0 spiro atoms. The van der Waals surface area contributed by atoms with E-state index in [1.165, 1.54) is 5.32 Å². The zero-order valence-electron chi connectivity index (χ0n) is 19.1. The van der Waals surface area contributed by atoms with Crippen LogP contribution in [0.25, 0.3) is 11.5 Å². The molecule has 2 aromatic rings. The first-order valence-electron chi connectivity index (χ1n) is 9.88. The molecule has 2 N–H and O–H groups in total. The maximum atomic E-state index is 13.2. The molecule has 2 aromatic heterocycles. The summed E-state index contributed by atoms with van der Waals surface area (Å²) in [6.07, 6.45) is -10.2. The number of anilines is 2. The van der Waals surface area contributed by atoms with Gasteiger partial charge >= 0.3 is 12.4 Å². The third-order valence-corrected chi connectivity index (χ3v) is 3.02. The lowest BCUT2D eigenvalue weighted by Gasteiger charge is -2.20. The number of hydrogen-bond acceptors (Lipinski definition) is 6. The second-order valence-corrected chi connectivity index (χ2v) is 5.32. The Morgan fingerprint density at radius 3 is 2.04 bits per heavy atom. The van der Waals surface area contributed by atoms with Crippen LogP contribution in [-0.2, 0) is 0 Å². The van der Waals surface area contributed by atoms with Crippen LogP contribution in [0.1, 0.15) is 22.0 Å². The van der Waals surface area contributed by atoms with Crippen LogP contribution in [0.3, 0.4) is 0 Å². The maximum absolute atomic E-state index is 13.2. The van der Waals surface area contributed by atoms with E-state index in [4.69, 9.17) is 19.8 Å². The number of nitrogens with zero attached hydrogens (tertiary/aromatic N) is 4. The molecule has 148 valence electrons. The van der Waals surface area contributed by atoms with E-state index in [0.29, 0.717) is 6.92 Å². The zero-order chi connectivity index (χ0) is 25.5. The van der Waals surface area contributed by atoms with Gasteiger partial charge in [0, 0.05) is 4.11 Å². The lowest BCUT2D eigenvalue weighted by Crippen LogP contribution is -2.35. The van der Waals surface area contributed by atoms with Gasteiger partial charge in [-0.25, -0.2) is 4.98 Å². The second kappa shape index (κ2) is 7.71. The van der Waals surface area contributed by atoms with Crippen LogP contribution in [0.2, 0.25) is 5.15 Å². The average molecular weight is 421 g/mol. The minimum atomic E-state index is -5.34. The fourth-order valence-electron chi connectivity index (χ4n) is 1.50. The number of alkyl halides is 6. The van der Waals surface area contributed by atoms with Gasteiger partial charge in [0.1, 0.15) is 22.9 Å². The summed E-state index contributed by atoms with van der Waals surface area (Å²) in [4.78, 5) is 14.1. The number of nitrogens with one attached hydrogen (secondary N) is 2. The number of pyridine rings is 1. The molecule has 2 atom stereocenters. The van der Waals surface area contributed by atoms with Gasteiger partial charge in [0.25, 0.3) is 0 Å². The smallest absolute Gasteiger partial charge is 0.343 e. The van der Waals surface area contributed by atoms with Crippen molar-refractivity contribution < 1.29 is 34.6 Å². The van der Waals surface area contributed by atoms with Crippen molar-refractivity contribution in [3.63, 3.8) is 0 Å². The lowest BCUT2D eigenvalue weighted by atomic mass is 10.3. The Bertz CT molecular complexity index is 1020. The molecule has 0 aliphatic carbocycles. The third-order valence-electron chi connectivity index (χ3n) is 2.84. The van der Waals surface area contributed by atoms with Gasteiger partial charge in [0.2, 0.25) is 11.9 Å². The molecule has 2 heterocycles. The quantitative estimate of drug-likeness (QED) is 0.554. The SMILES string of the molecule is [2H]c1c(Cl)nc(-c2nc(NC(C)C(F)(F)F)nc(NC(C([2H])([2H])[2H])C(F)(F)F)n2)c([2H])c1[2H]. The van der Waals surface area contributed by atoms with Crippen molar-refractivity contribution in [1.29, 1.82) is 0 Å². The molecule has 0 radical (unpaired) electrons. The van der Waals surface area contributed by atoms with Crippen molar-refractivity contribution in [2.45, 2.75) is 38.2 Å². The molecule has 13 heteroatoms. The lowest BCUT2D eigenvalue weighted by molar-refractivity contribution is -0.139. The van der Waals surface area contributed by atoms with E-state index in [-0.39, 0.29) is 0 Å². The summed E-state index contributed by atoms with van der Waals surface area (Å²) in [6.45, 7) is -3.00. The Hall–Kier alpha value is -2.37. The minimum Gasteiger partial charge on any atom is -0.343 e. The summed E-state index contributed by atoms with van der Waals surface area (Å²) in [7, 11) is 0. The molecule has 0 amide bonds. The monoisotopic (exact) mass is 420 g/mol. The van der Waals surface area contributed by atoms with Gasteiger partial charge in [-0.1, -0.05) is 17.6 Å². The number of halogens is 7. The molecule has 6 nitrogen and oxygen atoms in total. The van der Waals surface area contributed by atoms with Gasteiger partial charge < -0.3 is 10.6 Å². The van der Waals surface area contributed by atoms with Gasteiger partial charge in [-0.3, -0.25) is 0 Å². The largest absolute Gasteiger partial charge is 0.408 e. The first-order chi connectivity index (χ1) is 14.8. The minimum absolute atomic E-state index is 0.616. The summed E-state index contributed by atoms with van der Waals surface area (Å²) < 4.78 is 123. The molecule has 2 rings (SSSR count). The Morgan fingerprint density at radius 2 is 1.52 bits per heavy atom. The van der Waals surface area contributed by atoms with Gasteiger partial charge in [-0.15, -0.1) is 0 Å². The predicted molar refractivity (Wildman–Crippen MR) is 86.3 cm³/mol. The summed E-state index contributed by atoms with van der Waals surface area (Å²) in [5, 5.41) is 2.68. The van der Waals surface area contributed by atoms with Gasteiger partial charge in [-0.05, 0) is 25.9 Å².